The summed E-state index contributed by atoms with van der Waals surface area (Å²) in [6.45, 7) is 4.68. The van der Waals surface area contributed by atoms with Gasteiger partial charge in [0.15, 0.2) is 34.9 Å². The topological polar surface area (TPSA) is 87.2 Å². The van der Waals surface area contributed by atoms with Crippen LogP contribution in [0.1, 0.15) is 25.0 Å². The van der Waals surface area contributed by atoms with Crippen molar-refractivity contribution in [3.63, 3.8) is 0 Å². The molecule has 10 aromatic carbocycles. The van der Waals surface area contributed by atoms with Crippen LogP contribution in [0.15, 0.2) is 243 Å². The molecule has 0 atom stereocenters. The van der Waals surface area contributed by atoms with E-state index in [4.69, 9.17) is 29.9 Å². The number of rotatable bonds is 8. The van der Waals surface area contributed by atoms with Gasteiger partial charge >= 0.3 is 0 Å². The average Bonchev–Trinajstić information content (AvgIpc) is 4.31. The number of nitrogens with zero attached hydrogens (tertiary/aromatic N) is 8. The highest BCUT2D eigenvalue weighted by molar-refractivity contribution is 6.16. The summed E-state index contributed by atoms with van der Waals surface area (Å²) in [5.41, 5.74) is 16.4. The van der Waals surface area contributed by atoms with Gasteiger partial charge in [0.2, 0.25) is 0 Å². The quantitative estimate of drug-likeness (QED) is 0.151. The third-order valence-electron chi connectivity index (χ3n) is 15.4. The molecular weight excluding hydrogens is 941 g/mol. The molecule has 0 saturated heterocycles. The Morgan fingerprint density at radius 1 is 0.299 bits per heavy atom. The molecule has 8 nitrogen and oxygen atoms in total. The second-order valence-electron chi connectivity index (χ2n) is 20.3. The minimum atomic E-state index is -0.215. The molecule has 15 rings (SSSR count). The summed E-state index contributed by atoms with van der Waals surface area (Å²) >= 11 is 0. The number of aromatic nitrogens is 8. The predicted octanol–water partition coefficient (Wildman–Crippen LogP) is 16.6. The molecule has 0 amide bonds. The van der Waals surface area contributed by atoms with Gasteiger partial charge in [-0.2, -0.15) is 0 Å². The molecule has 0 fully saturated rings. The minimum Gasteiger partial charge on any atom is -0.309 e. The van der Waals surface area contributed by atoms with Crippen molar-refractivity contribution in [2.45, 2.75) is 19.3 Å². The van der Waals surface area contributed by atoms with Gasteiger partial charge in [-0.25, -0.2) is 29.9 Å². The summed E-state index contributed by atoms with van der Waals surface area (Å²) in [4.78, 5) is 32.0. The largest absolute Gasteiger partial charge is 0.309 e. The van der Waals surface area contributed by atoms with Crippen LogP contribution in [0.3, 0.4) is 0 Å². The maximum atomic E-state index is 5.42. The Hall–Kier alpha value is -10.2. The minimum absolute atomic E-state index is 0.215. The second kappa shape index (κ2) is 17.5. The lowest BCUT2D eigenvalue weighted by molar-refractivity contribution is 0.661. The fourth-order valence-corrected chi connectivity index (χ4v) is 11.8. The monoisotopic (exact) mass is 986 g/mol. The Balaban J connectivity index is 1.02. The van der Waals surface area contributed by atoms with Crippen molar-refractivity contribution in [1.82, 2.24) is 39.0 Å². The zero-order chi connectivity index (χ0) is 51.2. The normalized spacial score (nSPS) is 12.6. The summed E-state index contributed by atoms with van der Waals surface area (Å²) < 4.78 is 4.76. The van der Waals surface area contributed by atoms with E-state index >= 15 is 0 Å². The van der Waals surface area contributed by atoms with Crippen molar-refractivity contribution in [3.05, 3.63) is 254 Å². The molecule has 0 spiro atoms. The first-order valence-electron chi connectivity index (χ1n) is 26.0. The molecule has 362 valence electrons. The fourth-order valence-electron chi connectivity index (χ4n) is 11.8. The van der Waals surface area contributed by atoms with E-state index in [9.17, 15) is 0 Å². The maximum Gasteiger partial charge on any atom is 0.166 e. The van der Waals surface area contributed by atoms with E-state index in [1.54, 1.807) is 0 Å². The fraction of sp³-hybridized carbons (Fsp3) is 0.0435. The van der Waals surface area contributed by atoms with Gasteiger partial charge in [-0.1, -0.05) is 208 Å². The molecular formula is C69H46N8. The molecule has 4 aromatic heterocycles. The number of hydrogen-bond acceptors (Lipinski definition) is 6. The summed E-state index contributed by atoms with van der Waals surface area (Å²) in [6.07, 6.45) is 0. The zero-order valence-electron chi connectivity index (χ0n) is 42.2. The molecule has 1 aliphatic carbocycles. The highest BCUT2D eigenvalue weighted by Gasteiger charge is 2.38. The highest BCUT2D eigenvalue weighted by Crippen LogP contribution is 2.53. The van der Waals surface area contributed by atoms with E-state index in [0.717, 1.165) is 77.6 Å². The van der Waals surface area contributed by atoms with Crippen molar-refractivity contribution in [2.24, 2.45) is 0 Å². The Labute approximate surface area is 444 Å². The molecule has 0 radical (unpaired) electrons. The summed E-state index contributed by atoms with van der Waals surface area (Å²) in [6, 6.07) is 84.9. The van der Waals surface area contributed by atoms with Crippen molar-refractivity contribution < 1.29 is 0 Å². The first-order chi connectivity index (χ1) is 37.9. The number of hydrogen-bond donors (Lipinski definition) is 0. The zero-order valence-corrected chi connectivity index (χ0v) is 42.2. The van der Waals surface area contributed by atoms with Gasteiger partial charge in [0, 0.05) is 71.6 Å². The smallest absolute Gasteiger partial charge is 0.166 e. The first kappa shape index (κ1) is 44.3. The van der Waals surface area contributed by atoms with Gasteiger partial charge in [-0.3, -0.25) is 0 Å². The standard InChI is InChI=1S/C69H46N8/c1-69(2)55-32-18-15-31-53(55)61-56(69)39-38-52-50-30-17-20-34-58(50)77(62(52)61)59-40-36-46(41-54(59)68-74-64(44-23-9-4-10-24-44)70-65(75-68)45-25-11-5-12-26-45)66-71-63(43-21-7-3-8-22-43)72-67(73-66)47-35-37-51-49-29-16-19-33-57(49)76(60(51)42-47)48-27-13-6-14-28-48/h3-42H,1-2H3. The van der Waals surface area contributed by atoms with Gasteiger partial charge < -0.3 is 9.13 Å². The molecule has 77 heavy (non-hydrogen) atoms. The average molecular weight is 987 g/mol. The van der Waals surface area contributed by atoms with Crippen LogP contribution < -0.4 is 0 Å². The van der Waals surface area contributed by atoms with Gasteiger partial charge in [0.1, 0.15) is 0 Å². The molecule has 0 bridgehead atoms. The van der Waals surface area contributed by atoms with Crippen molar-refractivity contribution in [3.8, 4) is 90.8 Å². The van der Waals surface area contributed by atoms with E-state index in [2.05, 4.69) is 211 Å². The van der Waals surface area contributed by atoms with Crippen LogP contribution in [0.4, 0.5) is 0 Å². The molecule has 14 aromatic rings. The Morgan fingerprint density at radius 3 is 1.35 bits per heavy atom. The lowest BCUT2D eigenvalue weighted by Crippen LogP contribution is -2.14. The van der Waals surface area contributed by atoms with Crippen LogP contribution in [0.5, 0.6) is 0 Å². The molecule has 4 heterocycles. The van der Waals surface area contributed by atoms with Crippen molar-refractivity contribution >= 4 is 43.6 Å². The Bertz CT molecular complexity index is 4580. The molecule has 1 aliphatic rings. The number of benzene rings is 10. The molecule has 0 saturated carbocycles. The van der Waals surface area contributed by atoms with Crippen molar-refractivity contribution in [1.29, 1.82) is 0 Å². The third-order valence-corrected chi connectivity index (χ3v) is 15.4. The summed E-state index contributed by atoms with van der Waals surface area (Å²) in [7, 11) is 0. The van der Waals surface area contributed by atoms with Gasteiger partial charge in [-0.15, -0.1) is 0 Å². The lowest BCUT2D eigenvalue weighted by Gasteiger charge is -2.21. The SMILES string of the molecule is CC1(C)c2ccccc2-c2c1ccc1c3ccccc3n(-c3ccc(-c4nc(-c5ccccc5)nc(-c5ccc6c7ccccc7n(-c7ccccc7)c6c5)n4)cc3-c3nc(-c4ccccc4)nc(-c4ccccc4)n3)c21. The van der Waals surface area contributed by atoms with Gasteiger partial charge in [-0.05, 0) is 65.2 Å². The summed E-state index contributed by atoms with van der Waals surface area (Å²) in [5.74, 6) is 3.30. The van der Waals surface area contributed by atoms with Crippen molar-refractivity contribution in [2.75, 3.05) is 0 Å². The highest BCUT2D eigenvalue weighted by atomic mass is 15.1. The van der Waals surface area contributed by atoms with Crippen LogP contribution in [0.2, 0.25) is 0 Å². The van der Waals surface area contributed by atoms with E-state index in [1.807, 2.05) is 54.6 Å². The molecule has 8 heteroatoms. The lowest BCUT2D eigenvalue weighted by atomic mass is 9.82. The predicted molar refractivity (Wildman–Crippen MR) is 312 cm³/mol. The maximum absolute atomic E-state index is 5.42. The van der Waals surface area contributed by atoms with E-state index < -0.39 is 0 Å². The van der Waals surface area contributed by atoms with Gasteiger partial charge in [0.05, 0.1) is 27.8 Å². The van der Waals surface area contributed by atoms with Crippen LogP contribution >= 0.6 is 0 Å². The Morgan fingerprint density at radius 2 is 0.740 bits per heavy atom. The number of fused-ring (bicyclic) bond motifs is 10. The van der Waals surface area contributed by atoms with E-state index in [0.29, 0.717) is 34.9 Å². The first-order valence-corrected chi connectivity index (χ1v) is 26.0. The van der Waals surface area contributed by atoms with E-state index in [-0.39, 0.29) is 5.41 Å². The van der Waals surface area contributed by atoms with Crippen LogP contribution in [0.25, 0.3) is 134 Å². The molecule has 0 aliphatic heterocycles. The van der Waals surface area contributed by atoms with Crippen LogP contribution in [0, 0.1) is 0 Å². The van der Waals surface area contributed by atoms with Crippen LogP contribution in [-0.2, 0) is 5.41 Å². The third kappa shape index (κ3) is 7.14. The molecule has 0 unspecified atom stereocenters. The Kier molecular flexibility index (Phi) is 10.1. The summed E-state index contributed by atoms with van der Waals surface area (Å²) in [5, 5.41) is 4.66. The van der Waals surface area contributed by atoms with Crippen LogP contribution in [-0.4, -0.2) is 39.0 Å². The molecule has 0 N–H and O–H groups in total. The second-order valence-corrected chi connectivity index (χ2v) is 20.3. The number of para-hydroxylation sites is 3. The van der Waals surface area contributed by atoms with Gasteiger partial charge in [0.25, 0.3) is 0 Å². The van der Waals surface area contributed by atoms with E-state index in [1.165, 1.54) is 33.0 Å².